The lowest BCUT2D eigenvalue weighted by molar-refractivity contribution is 0.582. The van der Waals surface area contributed by atoms with Gasteiger partial charge in [0.15, 0.2) is 0 Å². The summed E-state index contributed by atoms with van der Waals surface area (Å²) in [5.41, 5.74) is 4.20. The summed E-state index contributed by atoms with van der Waals surface area (Å²) in [6, 6.07) is 11.1. The molecule has 100 valence electrons. The lowest BCUT2D eigenvalue weighted by Gasteiger charge is -2.18. The number of halogens is 1. The zero-order chi connectivity index (χ0) is 13.8. The molecule has 0 spiro atoms. The van der Waals surface area contributed by atoms with Crippen LogP contribution >= 0.6 is 0 Å². The van der Waals surface area contributed by atoms with Crippen molar-refractivity contribution < 1.29 is 4.39 Å². The number of aryl methyl sites for hydroxylation is 2. The van der Waals surface area contributed by atoms with Crippen LogP contribution in [-0.2, 0) is 6.42 Å². The zero-order valence-electron chi connectivity index (χ0n) is 11.6. The number of pyridine rings is 1. The van der Waals surface area contributed by atoms with Gasteiger partial charge in [0.25, 0.3) is 0 Å². The first kappa shape index (κ1) is 13.7. The molecule has 2 rings (SSSR count). The summed E-state index contributed by atoms with van der Waals surface area (Å²) in [6.45, 7) is 3.98. The van der Waals surface area contributed by atoms with Crippen LogP contribution in [0.3, 0.4) is 0 Å². The molecule has 0 aliphatic carbocycles. The minimum Gasteiger partial charge on any atom is -0.313 e. The van der Waals surface area contributed by atoms with E-state index in [4.69, 9.17) is 0 Å². The predicted octanol–water partition coefficient (Wildman–Crippen LogP) is 3.34. The molecule has 0 radical (unpaired) electrons. The van der Waals surface area contributed by atoms with Crippen LogP contribution in [0.15, 0.2) is 36.4 Å². The Balaban J connectivity index is 2.24. The van der Waals surface area contributed by atoms with E-state index in [-0.39, 0.29) is 11.9 Å². The van der Waals surface area contributed by atoms with Crippen LogP contribution in [0.1, 0.15) is 28.6 Å². The molecule has 1 aromatic carbocycles. The SMILES string of the molecule is CNC(Cc1cccc(F)c1)c1cc(C)nc(C)c1. The summed E-state index contributed by atoms with van der Waals surface area (Å²) in [5.74, 6) is -0.186. The molecule has 0 saturated heterocycles. The Morgan fingerprint density at radius 3 is 2.42 bits per heavy atom. The van der Waals surface area contributed by atoms with Crippen LogP contribution < -0.4 is 5.32 Å². The highest BCUT2D eigenvalue weighted by Gasteiger charge is 2.11. The van der Waals surface area contributed by atoms with Gasteiger partial charge in [0, 0.05) is 17.4 Å². The number of hydrogen-bond donors (Lipinski definition) is 1. The lowest BCUT2D eigenvalue weighted by Crippen LogP contribution is -2.19. The van der Waals surface area contributed by atoms with Crippen molar-refractivity contribution in [1.82, 2.24) is 10.3 Å². The van der Waals surface area contributed by atoms with Crippen molar-refractivity contribution in [2.45, 2.75) is 26.3 Å². The summed E-state index contributed by atoms with van der Waals surface area (Å²) in [6.07, 6.45) is 0.761. The molecule has 1 atom stereocenters. The summed E-state index contributed by atoms with van der Waals surface area (Å²) < 4.78 is 13.2. The van der Waals surface area contributed by atoms with Crippen molar-refractivity contribution in [2.75, 3.05) is 7.05 Å². The molecule has 0 aliphatic rings. The maximum Gasteiger partial charge on any atom is 0.123 e. The molecule has 0 fully saturated rings. The lowest BCUT2D eigenvalue weighted by atomic mass is 9.98. The van der Waals surface area contributed by atoms with Gasteiger partial charge in [-0.25, -0.2) is 4.39 Å². The normalized spacial score (nSPS) is 12.4. The minimum atomic E-state index is -0.186. The first-order valence-corrected chi connectivity index (χ1v) is 6.45. The second-order valence-corrected chi connectivity index (χ2v) is 4.86. The third-order valence-corrected chi connectivity index (χ3v) is 3.18. The Bertz CT molecular complexity index is 546. The molecule has 19 heavy (non-hydrogen) atoms. The maximum atomic E-state index is 13.2. The molecule has 1 unspecified atom stereocenters. The third-order valence-electron chi connectivity index (χ3n) is 3.18. The van der Waals surface area contributed by atoms with Gasteiger partial charge in [-0.15, -0.1) is 0 Å². The highest BCUT2D eigenvalue weighted by atomic mass is 19.1. The summed E-state index contributed by atoms with van der Waals surface area (Å²) in [7, 11) is 1.93. The smallest absolute Gasteiger partial charge is 0.123 e. The van der Waals surface area contributed by atoms with Gasteiger partial charge < -0.3 is 5.32 Å². The van der Waals surface area contributed by atoms with Crippen molar-refractivity contribution in [3.8, 4) is 0 Å². The Labute approximate surface area is 113 Å². The topological polar surface area (TPSA) is 24.9 Å². The van der Waals surface area contributed by atoms with E-state index in [1.54, 1.807) is 12.1 Å². The Morgan fingerprint density at radius 1 is 1.16 bits per heavy atom. The van der Waals surface area contributed by atoms with Crippen molar-refractivity contribution in [3.63, 3.8) is 0 Å². The van der Waals surface area contributed by atoms with Crippen molar-refractivity contribution in [2.24, 2.45) is 0 Å². The fourth-order valence-electron chi connectivity index (χ4n) is 2.35. The Kier molecular flexibility index (Phi) is 4.27. The number of benzene rings is 1. The number of nitrogens with zero attached hydrogens (tertiary/aromatic N) is 1. The quantitative estimate of drug-likeness (QED) is 0.909. The van der Waals surface area contributed by atoms with E-state index >= 15 is 0 Å². The fourth-order valence-corrected chi connectivity index (χ4v) is 2.35. The summed E-state index contributed by atoms with van der Waals surface area (Å²) >= 11 is 0. The number of nitrogens with one attached hydrogen (secondary N) is 1. The molecule has 1 aromatic heterocycles. The molecule has 0 bridgehead atoms. The molecule has 3 heteroatoms. The largest absolute Gasteiger partial charge is 0.313 e. The van der Waals surface area contributed by atoms with Crippen LogP contribution in [0.25, 0.3) is 0 Å². The van der Waals surface area contributed by atoms with Gasteiger partial charge in [-0.3, -0.25) is 4.98 Å². The first-order valence-electron chi connectivity index (χ1n) is 6.45. The minimum absolute atomic E-state index is 0.169. The van der Waals surface area contributed by atoms with Gasteiger partial charge in [-0.05, 0) is 62.7 Å². The molecule has 2 aromatic rings. The number of rotatable bonds is 4. The first-order chi connectivity index (χ1) is 9.08. The van der Waals surface area contributed by atoms with Crippen molar-refractivity contribution in [1.29, 1.82) is 0 Å². The summed E-state index contributed by atoms with van der Waals surface area (Å²) in [4.78, 5) is 4.38. The van der Waals surface area contributed by atoms with E-state index < -0.39 is 0 Å². The van der Waals surface area contributed by atoms with E-state index in [1.165, 1.54) is 11.6 Å². The van der Waals surface area contributed by atoms with Crippen LogP contribution in [0.4, 0.5) is 4.39 Å². The highest BCUT2D eigenvalue weighted by molar-refractivity contribution is 5.26. The van der Waals surface area contributed by atoms with Gasteiger partial charge in [0.2, 0.25) is 0 Å². The van der Waals surface area contributed by atoms with E-state index in [2.05, 4.69) is 22.4 Å². The van der Waals surface area contributed by atoms with Crippen molar-refractivity contribution >= 4 is 0 Å². The Hall–Kier alpha value is -1.74. The highest BCUT2D eigenvalue weighted by Crippen LogP contribution is 2.20. The van der Waals surface area contributed by atoms with Gasteiger partial charge >= 0.3 is 0 Å². The molecule has 1 N–H and O–H groups in total. The van der Waals surface area contributed by atoms with E-state index in [1.807, 2.05) is 27.0 Å². The van der Waals surface area contributed by atoms with Crippen molar-refractivity contribution in [3.05, 3.63) is 64.7 Å². The van der Waals surface area contributed by atoms with Crippen LogP contribution in [0, 0.1) is 19.7 Å². The average molecular weight is 258 g/mol. The molecular formula is C16H19FN2. The number of hydrogen-bond acceptors (Lipinski definition) is 2. The van der Waals surface area contributed by atoms with E-state index in [9.17, 15) is 4.39 Å². The standard InChI is InChI=1S/C16H19FN2/c1-11-7-14(8-12(2)19-11)16(18-3)10-13-5-4-6-15(17)9-13/h4-9,16,18H,10H2,1-3H3. The van der Waals surface area contributed by atoms with Crippen LogP contribution in [0.2, 0.25) is 0 Å². The van der Waals surface area contributed by atoms with Crippen LogP contribution in [-0.4, -0.2) is 12.0 Å². The maximum absolute atomic E-state index is 13.2. The van der Waals surface area contributed by atoms with E-state index in [0.717, 1.165) is 23.4 Å². The van der Waals surface area contributed by atoms with Gasteiger partial charge in [0.05, 0.1) is 0 Å². The van der Waals surface area contributed by atoms with Gasteiger partial charge in [-0.2, -0.15) is 0 Å². The fraction of sp³-hybridized carbons (Fsp3) is 0.312. The molecule has 0 amide bonds. The second-order valence-electron chi connectivity index (χ2n) is 4.86. The Morgan fingerprint density at radius 2 is 1.84 bits per heavy atom. The van der Waals surface area contributed by atoms with Gasteiger partial charge in [-0.1, -0.05) is 12.1 Å². The monoisotopic (exact) mass is 258 g/mol. The molecule has 2 nitrogen and oxygen atoms in total. The average Bonchev–Trinajstić information content (AvgIpc) is 2.34. The zero-order valence-corrected chi connectivity index (χ0v) is 11.6. The van der Waals surface area contributed by atoms with E-state index in [0.29, 0.717) is 0 Å². The molecule has 0 saturated carbocycles. The second kappa shape index (κ2) is 5.93. The molecule has 0 aliphatic heterocycles. The number of likely N-dealkylation sites (N-methyl/N-ethyl adjacent to an activating group) is 1. The molecule has 1 heterocycles. The van der Waals surface area contributed by atoms with Crippen LogP contribution in [0.5, 0.6) is 0 Å². The van der Waals surface area contributed by atoms with Gasteiger partial charge in [0.1, 0.15) is 5.82 Å². The predicted molar refractivity (Wildman–Crippen MR) is 75.6 cm³/mol. The molecular weight excluding hydrogens is 239 g/mol. The third kappa shape index (κ3) is 3.61. The summed E-state index contributed by atoms with van der Waals surface area (Å²) in [5, 5.41) is 3.29. The number of aromatic nitrogens is 1.